The summed E-state index contributed by atoms with van der Waals surface area (Å²) in [6.07, 6.45) is 1.98. The maximum atomic E-state index is 11.1. The van der Waals surface area contributed by atoms with Gasteiger partial charge in [0.25, 0.3) is 0 Å². The van der Waals surface area contributed by atoms with Crippen LogP contribution in [0.2, 0.25) is 5.02 Å². The predicted molar refractivity (Wildman–Crippen MR) is 76.1 cm³/mol. The lowest BCUT2D eigenvalue weighted by atomic mass is 9.97. The second-order valence-electron chi connectivity index (χ2n) is 4.80. The zero-order chi connectivity index (χ0) is 13.4. The first-order valence-corrected chi connectivity index (χ1v) is 6.60. The SMILES string of the molecule is CC1Cc2cc(-c3cc(Cl)ccc3C=O)ccc2O1. The van der Waals surface area contributed by atoms with Crippen LogP contribution in [-0.2, 0) is 6.42 Å². The summed E-state index contributed by atoms with van der Waals surface area (Å²) in [7, 11) is 0. The third-order valence-electron chi connectivity index (χ3n) is 3.35. The standard InChI is InChI=1S/C16H13ClO2/c1-10-6-13-7-11(3-5-16(13)19-10)15-8-14(17)4-2-12(15)9-18/h2-5,7-10H,6H2,1H3. The molecular weight excluding hydrogens is 260 g/mol. The zero-order valence-corrected chi connectivity index (χ0v) is 11.3. The number of halogens is 1. The number of carbonyl (C=O) groups excluding carboxylic acids is 1. The molecule has 1 aliphatic heterocycles. The van der Waals surface area contributed by atoms with Gasteiger partial charge in [-0.2, -0.15) is 0 Å². The second kappa shape index (κ2) is 4.71. The number of rotatable bonds is 2. The molecule has 0 amide bonds. The van der Waals surface area contributed by atoms with Crippen LogP contribution in [0.25, 0.3) is 11.1 Å². The largest absolute Gasteiger partial charge is 0.490 e. The van der Waals surface area contributed by atoms with Crippen molar-refractivity contribution >= 4 is 17.9 Å². The summed E-state index contributed by atoms with van der Waals surface area (Å²) in [5, 5.41) is 0.630. The zero-order valence-electron chi connectivity index (χ0n) is 10.5. The highest BCUT2D eigenvalue weighted by atomic mass is 35.5. The first-order chi connectivity index (χ1) is 9.17. The van der Waals surface area contributed by atoms with E-state index in [4.69, 9.17) is 16.3 Å². The van der Waals surface area contributed by atoms with Gasteiger partial charge < -0.3 is 4.74 Å². The van der Waals surface area contributed by atoms with Crippen molar-refractivity contribution in [1.82, 2.24) is 0 Å². The predicted octanol–water partition coefficient (Wildman–Crippen LogP) is 4.14. The molecule has 2 aromatic carbocycles. The number of benzene rings is 2. The molecule has 2 aromatic rings. The number of hydrogen-bond acceptors (Lipinski definition) is 2. The van der Waals surface area contributed by atoms with Crippen LogP contribution in [0, 0.1) is 0 Å². The van der Waals surface area contributed by atoms with Crippen molar-refractivity contribution in [3.8, 4) is 16.9 Å². The van der Waals surface area contributed by atoms with Crippen molar-refractivity contribution < 1.29 is 9.53 Å². The quantitative estimate of drug-likeness (QED) is 0.768. The van der Waals surface area contributed by atoms with E-state index >= 15 is 0 Å². The lowest BCUT2D eigenvalue weighted by Crippen LogP contribution is -2.05. The van der Waals surface area contributed by atoms with Crippen LogP contribution >= 0.6 is 11.6 Å². The molecular formula is C16H13ClO2. The third kappa shape index (κ3) is 2.24. The summed E-state index contributed by atoms with van der Waals surface area (Å²) >= 11 is 6.02. The van der Waals surface area contributed by atoms with Gasteiger partial charge in [-0.05, 0) is 53.9 Å². The second-order valence-corrected chi connectivity index (χ2v) is 5.24. The number of aldehydes is 1. The summed E-state index contributed by atoms with van der Waals surface area (Å²) in [6, 6.07) is 11.3. The van der Waals surface area contributed by atoms with Crippen molar-refractivity contribution in [2.24, 2.45) is 0 Å². The van der Waals surface area contributed by atoms with E-state index in [1.54, 1.807) is 12.1 Å². The maximum absolute atomic E-state index is 11.1. The molecule has 0 aromatic heterocycles. The summed E-state index contributed by atoms with van der Waals surface area (Å²) in [4.78, 5) is 11.1. The van der Waals surface area contributed by atoms with Gasteiger partial charge in [0.2, 0.25) is 0 Å². The van der Waals surface area contributed by atoms with E-state index in [-0.39, 0.29) is 6.10 Å². The first-order valence-electron chi connectivity index (χ1n) is 6.22. The highest BCUT2D eigenvalue weighted by Crippen LogP contribution is 2.34. The van der Waals surface area contributed by atoms with Gasteiger partial charge in [0, 0.05) is 17.0 Å². The molecule has 1 heterocycles. The van der Waals surface area contributed by atoms with Gasteiger partial charge in [0.05, 0.1) is 0 Å². The van der Waals surface area contributed by atoms with Gasteiger partial charge in [-0.3, -0.25) is 4.79 Å². The Hall–Kier alpha value is -1.80. The summed E-state index contributed by atoms with van der Waals surface area (Å²) < 4.78 is 5.68. The van der Waals surface area contributed by atoms with Gasteiger partial charge in [0.15, 0.2) is 6.29 Å². The highest BCUT2D eigenvalue weighted by Gasteiger charge is 2.19. The molecule has 3 heteroatoms. The molecule has 96 valence electrons. The number of carbonyl (C=O) groups is 1. The Morgan fingerprint density at radius 2 is 2.11 bits per heavy atom. The van der Waals surface area contributed by atoms with Crippen LogP contribution < -0.4 is 4.74 Å². The van der Waals surface area contributed by atoms with Crippen molar-refractivity contribution in [2.45, 2.75) is 19.4 Å². The van der Waals surface area contributed by atoms with Crippen LogP contribution in [0.5, 0.6) is 5.75 Å². The molecule has 3 rings (SSSR count). The van der Waals surface area contributed by atoms with Crippen LogP contribution in [-0.4, -0.2) is 12.4 Å². The molecule has 0 aliphatic carbocycles. The molecule has 0 N–H and O–H groups in total. The minimum atomic E-state index is 0.218. The van der Waals surface area contributed by atoms with E-state index in [0.29, 0.717) is 10.6 Å². The average Bonchev–Trinajstić information content (AvgIpc) is 2.77. The van der Waals surface area contributed by atoms with Crippen LogP contribution in [0.4, 0.5) is 0 Å². The normalized spacial score (nSPS) is 16.8. The number of ether oxygens (including phenoxy) is 1. The lowest BCUT2D eigenvalue weighted by molar-refractivity contribution is 0.112. The molecule has 1 unspecified atom stereocenters. The minimum Gasteiger partial charge on any atom is -0.490 e. The molecule has 0 bridgehead atoms. The van der Waals surface area contributed by atoms with Crippen LogP contribution in [0.3, 0.4) is 0 Å². The average molecular weight is 273 g/mol. The topological polar surface area (TPSA) is 26.3 Å². The molecule has 1 atom stereocenters. The Morgan fingerprint density at radius 3 is 2.89 bits per heavy atom. The van der Waals surface area contributed by atoms with Crippen molar-refractivity contribution in [3.63, 3.8) is 0 Å². The van der Waals surface area contributed by atoms with E-state index in [0.717, 1.165) is 29.6 Å². The summed E-state index contributed by atoms with van der Waals surface area (Å²) in [6.45, 7) is 2.05. The lowest BCUT2D eigenvalue weighted by Gasteiger charge is -2.07. The third-order valence-corrected chi connectivity index (χ3v) is 3.58. The van der Waals surface area contributed by atoms with Gasteiger partial charge in [-0.1, -0.05) is 17.7 Å². The molecule has 0 fully saturated rings. The van der Waals surface area contributed by atoms with E-state index in [9.17, 15) is 4.79 Å². The number of fused-ring (bicyclic) bond motifs is 1. The Bertz CT molecular complexity index is 649. The Kier molecular flexibility index (Phi) is 3.03. The smallest absolute Gasteiger partial charge is 0.150 e. The van der Waals surface area contributed by atoms with Crippen molar-refractivity contribution in [2.75, 3.05) is 0 Å². The first kappa shape index (κ1) is 12.2. The monoisotopic (exact) mass is 272 g/mol. The molecule has 0 saturated heterocycles. The molecule has 0 radical (unpaired) electrons. The van der Waals surface area contributed by atoms with Crippen molar-refractivity contribution in [3.05, 3.63) is 52.5 Å². The van der Waals surface area contributed by atoms with E-state index in [1.165, 1.54) is 5.56 Å². The fourth-order valence-electron chi connectivity index (χ4n) is 2.47. The van der Waals surface area contributed by atoms with E-state index in [2.05, 4.69) is 13.0 Å². The number of hydrogen-bond donors (Lipinski definition) is 0. The molecule has 0 spiro atoms. The molecule has 19 heavy (non-hydrogen) atoms. The van der Waals surface area contributed by atoms with Crippen molar-refractivity contribution in [1.29, 1.82) is 0 Å². The molecule has 2 nitrogen and oxygen atoms in total. The Morgan fingerprint density at radius 1 is 1.26 bits per heavy atom. The fraction of sp³-hybridized carbons (Fsp3) is 0.188. The van der Waals surface area contributed by atoms with Crippen LogP contribution in [0.15, 0.2) is 36.4 Å². The Labute approximate surface area is 117 Å². The fourth-order valence-corrected chi connectivity index (χ4v) is 2.64. The highest BCUT2D eigenvalue weighted by molar-refractivity contribution is 6.31. The van der Waals surface area contributed by atoms with E-state index < -0.39 is 0 Å². The molecule has 0 saturated carbocycles. The van der Waals surface area contributed by atoms with Gasteiger partial charge >= 0.3 is 0 Å². The Balaban J connectivity index is 2.11. The van der Waals surface area contributed by atoms with Gasteiger partial charge in [-0.15, -0.1) is 0 Å². The van der Waals surface area contributed by atoms with Gasteiger partial charge in [0.1, 0.15) is 11.9 Å². The maximum Gasteiger partial charge on any atom is 0.150 e. The summed E-state index contributed by atoms with van der Waals surface area (Å²) in [5.41, 5.74) is 3.70. The summed E-state index contributed by atoms with van der Waals surface area (Å²) in [5.74, 6) is 0.936. The van der Waals surface area contributed by atoms with Gasteiger partial charge in [-0.25, -0.2) is 0 Å². The minimum absolute atomic E-state index is 0.218. The van der Waals surface area contributed by atoms with Crippen LogP contribution in [0.1, 0.15) is 22.8 Å². The van der Waals surface area contributed by atoms with E-state index in [1.807, 2.05) is 18.2 Å². The molecule has 1 aliphatic rings.